The van der Waals surface area contributed by atoms with Crippen LogP contribution in [-0.4, -0.2) is 23.6 Å². The van der Waals surface area contributed by atoms with E-state index in [9.17, 15) is 14.0 Å². The number of carbonyl (C=O) groups excluding carboxylic acids is 2. The van der Waals surface area contributed by atoms with Crippen LogP contribution in [0.3, 0.4) is 0 Å². The number of hydrogen-bond acceptors (Lipinski definition) is 3. The minimum absolute atomic E-state index is 0.0477. The summed E-state index contributed by atoms with van der Waals surface area (Å²) in [6.07, 6.45) is 2.48. The lowest BCUT2D eigenvalue weighted by Crippen LogP contribution is -2.29. The molecule has 26 heavy (non-hydrogen) atoms. The van der Waals surface area contributed by atoms with Crippen LogP contribution < -0.4 is 10.4 Å². The summed E-state index contributed by atoms with van der Waals surface area (Å²) in [6.45, 7) is 0.609. The van der Waals surface area contributed by atoms with E-state index in [1.54, 1.807) is 34.6 Å². The molecule has 2 aromatic rings. The van der Waals surface area contributed by atoms with E-state index >= 15 is 0 Å². The molecule has 2 aromatic carbocycles. The van der Waals surface area contributed by atoms with Crippen molar-refractivity contribution in [2.75, 3.05) is 11.4 Å². The lowest BCUT2D eigenvalue weighted by atomic mass is 9.85. The van der Waals surface area contributed by atoms with Gasteiger partial charge in [-0.15, -0.1) is 0 Å². The highest BCUT2D eigenvalue weighted by molar-refractivity contribution is 5.98. The number of carbonyl (C=O) groups is 2. The fourth-order valence-electron chi connectivity index (χ4n) is 4.21. The molecular formula is C20H19FN2O3. The molecule has 1 fully saturated rings. The van der Waals surface area contributed by atoms with Crippen LogP contribution in [0.4, 0.5) is 10.1 Å². The number of amides is 2. The molecule has 1 aliphatic carbocycles. The van der Waals surface area contributed by atoms with Crippen molar-refractivity contribution < 1.29 is 19.2 Å². The van der Waals surface area contributed by atoms with Crippen LogP contribution in [0, 0.1) is 11.7 Å². The van der Waals surface area contributed by atoms with Gasteiger partial charge in [0.2, 0.25) is 5.91 Å². The summed E-state index contributed by atoms with van der Waals surface area (Å²) in [5.74, 6) is -0.907. The van der Waals surface area contributed by atoms with Crippen LogP contribution in [0.2, 0.25) is 0 Å². The Morgan fingerprint density at radius 1 is 1.12 bits per heavy atom. The number of fused-ring (bicyclic) bond motifs is 1. The first kappa shape index (κ1) is 16.7. The van der Waals surface area contributed by atoms with E-state index in [1.165, 1.54) is 12.1 Å². The molecule has 2 atom stereocenters. The Morgan fingerprint density at radius 3 is 2.62 bits per heavy atom. The van der Waals surface area contributed by atoms with Gasteiger partial charge in [0.05, 0.1) is 0 Å². The summed E-state index contributed by atoms with van der Waals surface area (Å²) < 4.78 is 13.1. The third-order valence-electron chi connectivity index (χ3n) is 5.50. The molecule has 2 aliphatic rings. The first-order valence-corrected chi connectivity index (χ1v) is 8.72. The number of rotatable bonds is 3. The molecule has 4 rings (SSSR count). The number of hydroxylamine groups is 1. The number of benzene rings is 2. The summed E-state index contributed by atoms with van der Waals surface area (Å²) in [5, 5.41) is 8.85. The van der Waals surface area contributed by atoms with Crippen molar-refractivity contribution in [1.29, 1.82) is 0 Å². The molecule has 0 radical (unpaired) electrons. The van der Waals surface area contributed by atoms with Gasteiger partial charge in [-0.05, 0) is 72.7 Å². The molecule has 1 saturated heterocycles. The molecule has 2 amide bonds. The first-order chi connectivity index (χ1) is 12.6. The maximum atomic E-state index is 13.1. The zero-order chi connectivity index (χ0) is 18.3. The minimum Gasteiger partial charge on any atom is -0.312 e. The van der Waals surface area contributed by atoms with Gasteiger partial charge in [0.25, 0.3) is 5.91 Å². The van der Waals surface area contributed by atoms with Gasteiger partial charge in [0.15, 0.2) is 0 Å². The van der Waals surface area contributed by atoms with Gasteiger partial charge in [0.1, 0.15) is 5.82 Å². The molecule has 6 heteroatoms. The van der Waals surface area contributed by atoms with E-state index in [0.29, 0.717) is 17.8 Å². The Hall–Kier alpha value is -2.73. The van der Waals surface area contributed by atoms with Crippen molar-refractivity contribution in [3.8, 4) is 0 Å². The molecule has 0 aromatic heterocycles. The smallest absolute Gasteiger partial charge is 0.274 e. The monoisotopic (exact) mass is 354 g/mol. The van der Waals surface area contributed by atoms with Gasteiger partial charge >= 0.3 is 0 Å². The predicted octanol–water partition coefficient (Wildman–Crippen LogP) is 3.03. The fraction of sp³-hybridized carbons (Fsp3) is 0.300. The van der Waals surface area contributed by atoms with Gasteiger partial charge in [-0.25, -0.2) is 9.87 Å². The molecule has 134 valence electrons. The van der Waals surface area contributed by atoms with Crippen molar-refractivity contribution in [1.82, 2.24) is 5.48 Å². The highest BCUT2D eigenvalue weighted by atomic mass is 19.1. The van der Waals surface area contributed by atoms with Crippen molar-refractivity contribution in [3.63, 3.8) is 0 Å². The van der Waals surface area contributed by atoms with Crippen molar-refractivity contribution in [3.05, 3.63) is 65.0 Å². The summed E-state index contributed by atoms with van der Waals surface area (Å²) in [6, 6.07) is 11.3. The van der Waals surface area contributed by atoms with Crippen LogP contribution in [0.5, 0.6) is 0 Å². The van der Waals surface area contributed by atoms with E-state index in [2.05, 4.69) is 0 Å². The Balaban J connectivity index is 1.59. The second kappa shape index (κ2) is 6.53. The Bertz CT molecular complexity index is 866. The normalized spacial score (nSPS) is 21.8. The number of nitrogens with one attached hydrogen (secondary N) is 1. The van der Waals surface area contributed by atoms with Gasteiger partial charge in [-0.3, -0.25) is 14.8 Å². The molecule has 2 N–H and O–H groups in total. The van der Waals surface area contributed by atoms with E-state index in [4.69, 9.17) is 5.21 Å². The third kappa shape index (κ3) is 2.76. The summed E-state index contributed by atoms with van der Waals surface area (Å²) in [5.41, 5.74) is 4.92. The zero-order valence-electron chi connectivity index (χ0n) is 14.1. The minimum atomic E-state index is -0.552. The van der Waals surface area contributed by atoms with Crippen LogP contribution in [-0.2, 0) is 11.2 Å². The van der Waals surface area contributed by atoms with E-state index < -0.39 is 5.91 Å². The lowest BCUT2D eigenvalue weighted by Gasteiger charge is -2.21. The highest BCUT2D eigenvalue weighted by Crippen LogP contribution is 2.43. The Morgan fingerprint density at radius 2 is 1.88 bits per heavy atom. The van der Waals surface area contributed by atoms with Crippen molar-refractivity contribution >= 4 is 17.5 Å². The fourth-order valence-corrected chi connectivity index (χ4v) is 4.21. The average molecular weight is 354 g/mol. The third-order valence-corrected chi connectivity index (χ3v) is 5.50. The molecule has 5 nitrogen and oxygen atoms in total. The quantitative estimate of drug-likeness (QED) is 0.658. The molecule has 0 spiro atoms. The van der Waals surface area contributed by atoms with Gasteiger partial charge in [-0.1, -0.05) is 6.07 Å². The van der Waals surface area contributed by atoms with E-state index in [1.807, 2.05) is 6.07 Å². The second-order valence-corrected chi connectivity index (χ2v) is 6.86. The topological polar surface area (TPSA) is 69.6 Å². The predicted molar refractivity (Wildman–Crippen MR) is 93.6 cm³/mol. The van der Waals surface area contributed by atoms with E-state index in [-0.39, 0.29) is 23.6 Å². The SMILES string of the molecule is O=C(NO)c1ccc2c(c1)C(C1CCN(c3ccc(F)cc3)C1=O)CC2. The molecule has 1 aliphatic heterocycles. The molecular weight excluding hydrogens is 335 g/mol. The largest absolute Gasteiger partial charge is 0.312 e. The van der Waals surface area contributed by atoms with Gasteiger partial charge in [-0.2, -0.15) is 0 Å². The number of nitrogens with zero attached hydrogens (tertiary/aromatic N) is 1. The number of halogens is 1. The summed E-state index contributed by atoms with van der Waals surface area (Å²) >= 11 is 0. The number of aryl methyl sites for hydroxylation is 1. The van der Waals surface area contributed by atoms with Crippen molar-refractivity contribution in [2.45, 2.75) is 25.2 Å². The summed E-state index contributed by atoms with van der Waals surface area (Å²) in [7, 11) is 0. The van der Waals surface area contributed by atoms with Crippen molar-refractivity contribution in [2.24, 2.45) is 5.92 Å². The van der Waals surface area contributed by atoms with E-state index in [0.717, 1.165) is 30.4 Å². The summed E-state index contributed by atoms with van der Waals surface area (Å²) in [4.78, 5) is 26.4. The Kier molecular flexibility index (Phi) is 4.20. The van der Waals surface area contributed by atoms with Crippen LogP contribution in [0.15, 0.2) is 42.5 Å². The van der Waals surface area contributed by atoms with Gasteiger partial charge in [0, 0.05) is 23.7 Å². The van der Waals surface area contributed by atoms with Gasteiger partial charge < -0.3 is 4.90 Å². The van der Waals surface area contributed by atoms with Crippen LogP contribution >= 0.6 is 0 Å². The average Bonchev–Trinajstić information content (AvgIpc) is 3.24. The molecule has 0 saturated carbocycles. The first-order valence-electron chi connectivity index (χ1n) is 8.72. The molecule has 2 unspecified atom stereocenters. The zero-order valence-corrected chi connectivity index (χ0v) is 14.1. The number of anilines is 1. The Labute approximate surface area is 150 Å². The van der Waals surface area contributed by atoms with Crippen LogP contribution in [0.1, 0.15) is 40.2 Å². The number of hydrogen-bond donors (Lipinski definition) is 2. The second-order valence-electron chi connectivity index (χ2n) is 6.86. The lowest BCUT2D eigenvalue weighted by molar-refractivity contribution is -0.121. The van der Waals surface area contributed by atoms with Crippen LogP contribution in [0.25, 0.3) is 0 Å². The maximum absolute atomic E-state index is 13.1. The maximum Gasteiger partial charge on any atom is 0.274 e. The highest BCUT2D eigenvalue weighted by Gasteiger charge is 2.41. The molecule has 0 bridgehead atoms. The molecule has 1 heterocycles. The standard InChI is InChI=1S/C20H19FN2O3/c21-14-4-6-15(7-5-14)23-10-9-17(20(23)25)16-8-3-12-1-2-13(11-18(12)16)19(24)22-26/h1-2,4-7,11,16-17,26H,3,8-10H2,(H,22,24).